The second-order valence-corrected chi connectivity index (χ2v) is 7.78. The van der Waals surface area contributed by atoms with Crippen LogP contribution in [0.2, 0.25) is 10.0 Å². The van der Waals surface area contributed by atoms with Crippen molar-refractivity contribution in [3.8, 4) is 0 Å². The predicted octanol–water partition coefficient (Wildman–Crippen LogP) is 5.65. The van der Waals surface area contributed by atoms with Gasteiger partial charge in [-0.05, 0) is 41.0 Å². The summed E-state index contributed by atoms with van der Waals surface area (Å²) in [7, 11) is 0. The number of imidazole rings is 1. The number of benzene rings is 3. The van der Waals surface area contributed by atoms with Gasteiger partial charge < -0.3 is 14.4 Å². The highest BCUT2D eigenvalue weighted by molar-refractivity contribution is 6.30. The quantitative estimate of drug-likeness (QED) is 0.405. The number of aliphatic hydroxyl groups is 1. The molecule has 0 aliphatic heterocycles. The fraction of sp³-hybridized carbons (Fsp3) is 0.125. The molecule has 152 valence electrons. The Morgan fingerprint density at radius 2 is 1.40 bits per heavy atom. The smallest absolute Gasteiger partial charge is 0.173 e. The Bertz CT molecular complexity index is 1050. The first-order valence-electron chi connectivity index (χ1n) is 9.45. The van der Waals surface area contributed by atoms with Gasteiger partial charge in [-0.15, -0.1) is 0 Å². The van der Waals surface area contributed by atoms with E-state index in [0.717, 1.165) is 5.56 Å². The van der Waals surface area contributed by atoms with Crippen molar-refractivity contribution in [2.24, 2.45) is 0 Å². The molecule has 3 aromatic carbocycles. The van der Waals surface area contributed by atoms with Crippen LogP contribution in [0.3, 0.4) is 0 Å². The highest BCUT2D eigenvalue weighted by atomic mass is 35.5. The van der Waals surface area contributed by atoms with Crippen LogP contribution in [-0.2, 0) is 23.7 Å². The van der Waals surface area contributed by atoms with E-state index in [1.807, 2.05) is 30.3 Å². The van der Waals surface area contributed by atoms with Gasteiger partial charge in [-0.1, -0.05) is 77.8 Å². The van der Waals surface area contributed by atoms with E-state index in [1.165, 1.54) is 0 Å². The molecule has 30 heavy (non-hydrogen) atoms. The van der Waals surface area contributed by atoms with Crippen LogP contribution in [0, 0.1) is 0 Å². The maximum absolute atomic E-state index is 12.0. The predicted molar refractivity (Wildman–Crippen MR) is 118 cm³/mol. The minimum Gasteiger partial charge on any atom is -0.373 e. The third-order valence-corrected chi connectivity index (χ3v) is 5.41. The molecule has 1 aromatic heterocycles. The molecule has 0 atom stereocenters. The fourth-order valence-corrected chi connectivity index (χ4v) is 3.63. The lowest BCUT2D eigenvalue weighted by Gasteiger charge is -2.29. The molecule has 0 bridgehead atoms. The summed E-state index contributed by atoms with van der Waals surface area (Å²) in [6.45, 7) is 0.701. The van der Waals surface area contributed by atoms with Gasteiger partial charge in [0.1, 0.15) is 6.73 Å². The summed E-state index contributed by atoms with van der Waals surface area (Å²) in [5.74, 6) is 0.445. The van der Waals surface area contributed by atoms with E-state index in [4.69, 9.17) is 27.9 Å². The zero-order valence-corrected chi connectivity index (χ0v) is 17.6. The molecule has 4 rings (SSSR count). The first-order chi connectivity index (χ1) is 14.6. The van der Waals surface area contributed by atoms with Crippen molar-refractivity contribution in [1.82, 2.24) is 9.55 Å². The Morgan fingerprint density at radius 3 is 1.97 bits per heavy atom. The molecule has 0 radical (unpaired) electrons. The molecule has 0 spiro atoms. The monoisotopic (exact) mass is 438 g/mol. The first kappa shape index (κ1) is 20.6. The van der Waals surface area contributed by atoms with Crippen LogP contribution >= 0.6 is 23.2 Å². The molecule has 0 amide bonds. The average molecular weight is 439 g/mol. The van der Waals surface area contributed by atoms with Crippen LogP contribution in [0.4, 0.5) is 0 Å². The average Bonchev–Trinajstić information content (AvgIpc) is 3.24. The molecule has 4 aromatic rings. The summed E-state index contributed by atoms with van der Waals surface area (Å²) in [6, 6.07) is 24.1. The normalized spacial score (nSPS) is 11.6. The first-order valence-corrected chi connectivity index (χ1v) is 10.2. The number of aromatic nitrogens is 2. The molecule has 0 aliphatic carbocycles. The van der Waals surface area contributed by atoms with Crippen LogP contribution in [0.25, 0.3) is 0 Å². The van der Waals surface area contributed by atoms with Crippen molar-refractivity contribution in [1.29, 1.82) is 0 Å². The third-order valence-electron chi connectivity index (χ3n) is 4.91. The highest BCUT2D eigenvalue weighted by Gasteiger charge is 2.38. The molecule has 4 nitrogen and oxygen atoms in total. The highest BCUT2D eigenvalue weighted by Crippen LogP contribution is 2.36. The number of halogens is 2. The van der Waals surface area contributed by atoms with Gasteiger partial charge in [0.05, 0.1) is 6.61 Å². The molecule has 0 unspecified atom stereocenters. The van der Waals surface area contributed by atoms with Gasteiger partial charge in [0.15, 0.2) is 11.4 Å². The van der Waals surface area contributed by atoms with Gasteiger partial charge in [0.25, 0.3) is 0 Å². The van der Waals surface area contributed by atoms with E-state index in [9.17, 15) is 5.11 Å². The number of hydrogen-bond donors (Lipinski definition) is 1. The fourth-order valence-electron chi connectivity index (χ4n) is 3.38. The van der Waals surface area contributed by atoms with Crippen LogP contribution in [0.15, 0.2) is 91.3 Å². The maximum Gasteiger partial charge on any atom is 0.173 e. The van der Waals surface area contributed by atoms with E-state index in [0.29, 0.717) is 33.6 Å². The van der Waals surface area contributed by atoms with Crippen molar-refractivity contribution in [3.63, 3.8) is 0 Å². The standard InChI is InChI=1S/C24H20Cl2N2O2/c25-21-10-6-19(7-11-21)24(29,20-8-12-22(26)13-9-20)23-27-14-15-28(23)17-30-16-18-4-2-1-3-5-18/h1-15,29H,16-17H2. The topological polar surface area (TPSA) is 47.3 Å². The minimum absolute atomic E-state index is 0.244. The molecule has 1 N–H and O–H groups in total. The molecular formula is C24H20Cl2N2O2. The summed E-state index contributed by atoms with van der Waals surface area (Å²) in [4.78, 5) is 4.48. The van der Waals surface area contributed by atoms with Gasteiger partial charge >= 0.3 is 0 Å². The Labute approximate surface area is 185 Å². The second-order valence-electron chi connectivity index (χ2n) is 6.91. The van der Waals surface area contributed by atoms with Crippen LogP contribution in [0.1, 0.15) is 22.5 Å². The SMILES string of the molecule is OC(c1ccc(Cl)cc1)(c1ccc(Cl)cc1)c1nccn1COCc1ccccc1. The van der Waals surface area contributed by atoms with E-state index in [-0.39, 0.29) is 6.73 Å². The van der Waals surface area contributed by atoms with Crippen LogP contribution in [0.5, 0.6) is 0 Å². The van der Waals surface area contributed by atoms with E-state index in [1.54, 1.807) is 65.5 Å². The van der Waals surface area contributed by atoms with Crippen LogP contribution in [-0.4, -0.2) is 14.7 Å². The Morgan fingerprint density at radius 1 is 0.833 bits per heavy atom. The van der Waals surface area contributed by atoms with Gasteiger partial charge in [-0.3, -0.25) is 0 Å². The Kier molecular flexibility index (Phi) is 6.21. The molecule has 0 saturated heterocycles. The van der Waals surface area contributed by atoms with Gasteiger partial charge in [-0.25, -0.2) is 4.98 Å². The molecule has 0 aliphatic rings. The van der Waals surface area contributed by atoms with Crippen molar-refractivity contribution in [2.45, 2.75) is 18.9 Å². The number of nitrogens with zero attached hydrogens (tertiary/aromatic N) is 2. The van der Waals surface area contributed by atoms with E-state index >= 15 is 0 Å². The zero-order valence-electron chi connectivity index (χ0n) is 16.1. The summed E-state index contributed by atoms with van der Waals surface area (Å²) in [6.07, 6.45) is 3.44. The lowest BCUT2D eigenvalue weighted by molar-refractivity contribution is 0.0472. The molecule has 0 fully saturated rings. The van der Waals surface area contributed by atoms with E-state index < -0.39 is 5.60 Å². The number of hydrogen-bond acceptors (Lipinski definition) is 3. The minimum atomic E-state index is -1.51. The second kappa shape index (κ2) is 9.02. The van der Waals surface area contributed by atoms with Crippen molar-refractivity contribution in [3.05, 3.63) is 124 Å². The summed E-state index contributed by atoms with van der Waals surface area (Å²) in [5.41, 5.74) is 0.855. The number of ether oxygens (including phenoxy) is 1. The Balaban J connectivity index is 1.69. The van der Waals surface area contributed by atoms with Gasteiger partial charge in [0.2, 0.25) is 0 Å². The summed E-state index contributed by atoms with van der Waals surface area (Å²) >= 11 is 12.1. The molecular weight excluding hydrogens is 419 g/mol. The Hall–Kier alpha value is -2.63. The zero-order chi connectivity index (χ0) is 21.0. The van der Waals surface area contributed by atoms with Crippen molar-refractivity contribution >= 4 is 23.2 Å². The third kappa shape index (κ3) is 4.27. The van der Waals surface area contributed by atoms with Gasteiger partial charge in [-0.2, -0.15) is 0 Å². The van der Waals surface area contributed by atoms with Crippen molar-refractivity contribution in [2.75, 3.05) is 0 Å². The summed E-state index contributed by atoms with van der Waals surface area (Å²) < 4.78 is 7.68. The van der Waals surface area contributed by atoms with Crippen LogP contribution < -0.4 is 0 Å². The largest absolute Gasteiger partial charge is 0.373 e. The van der Waals surface area contributed by atoms with Crippen molar-refractivity contribution < 1.29 is 9.84 Å². The molecule has 0 saturated carbocycles. The molecule has 1 heterocycles. The van der Waals surface area contributed by atoms with Gasteiger partial charge in [0, 0.05) is 22.4 Å². The number of rotatable bonds is 7. The maximum atomic E-state index is 12.0. The summed E-state index contributed by atoms with van der Waals surface area (Å²) in [5, 5.41) is 13.1. The lowest BCUT2D eigenvalue weighted by atomic mass is 9.85. The lowest BCUT2D eigenvalue weighted by Crippen LogP contribution is -2.33. The van der Waals surface area contributed by atoms with E-state index in [2.05, 4.69) is 4.98 Å². The molecule has 6 heteroatoms.